The van der Waals surface area contributed by atoms with Crippen molar-refractivity contribution < 1.29 is 32.4 Å². The molecule has 1 spiro atoms. The number of Topliss-reactive ketones (excluding diaryl/α,β-unsaturated/α-hetero) is 1. The molecule has 2 aliphatic carbocycles. The average Bonchev–Trinajstić information content (AvgIpc) is 3.63. The predicted molar refractivity (Wildman–Crippen MR) is 204 cm³/mol. The van der Waals surface area contributed by atoms with Crippen molar-refractivity contribution in [1.29, 1.82) is 0 Å². The third-order valence-electron chi connectivity index (χ3n) is 10.5. The second kappa shape index (κ2) is 16.4. The van der Waals surface area contributed by atoms with Crippen LogP contribution in [0.5, 0.6) is 0 Å². The molecule has 0 radical (unpaired) electrons. The predicted octanol–water partition coefficient (Wildman–Crippen LogP) is 3.94. The summed E-state index contributed by atoms with van der Waals surface area (Å²) < 4.78 is 25.3. The molecule has 2 heterocycles. The zero-order valence-electron chi connectivity index (χ0n) is 31.2. The Morgan fingerprint density at radius 3 is 2.14 bits per heavy atom. The second-order valence-electron chi connectivity index (χ2n) is 16.8. The van der Waals surface area contributed by atoms with Crippen LogP contribution in [0.3, 0.4) is 0 Å². The molecule has 51 heavy (non-hydrogen) atoms. The van der Waals surface area contributed by atoms with Gasteiger partial charge in [0, 0.05) is 31.0 Å². The lowest BCUT2D eigenvalue weighted by molar-refractivity contribution is -0.143. The van der Waals surface area contributed by atoms with Gasteiger partial charge in [0.05, 0.1) is 26.2 Å². The molecule has 288 valence electrons. The highest BCUT2D eigenvalue weighted by Crippen LogP contribution is 2.52. The summed E-state index contributed by atoms with van der Waals surface area (Å²) in [6.07, 6.45) is 8.53. The lowest BCUT2D eigenvalue weighted by atomic mass is 9.83. The smallest absolute Gasteiger partial charge is 0.315 e. The van der Waals surface area contributed by atoms with Gasteiger partial charge in [-0.25, -0.2) is 13.2 Å². The number of hydrogen-bond acceptors (Lipinski definition) is 9. The van der Waals surface area contributed by atoms with E-state index in [1.807, 2.05) is 20.8 Å². The molecule has 0 bridgehead atoms. The third kappa shape index (κ3) is 10.7. The van der Waals surface area contributed by atoms with E-state index in [1.54, 1.807) is 44.3 Å². The number of thioether (sulfide) groups is 2. The van der Waals surface area contributed by atoms with E-state index in [0.29, 0.717) is 38.0 Å². The molecule has 1 unspecified atom stereocenters. The van der Waals surface area contributed by atoms with Crippen molar-refractivity contribution in [1.82, 2.24) is 26.2 Å². The van der Waals surface area contributed by atoms with Crippen LogP contribution in [0.1, 0.15) is 106 Å². The van der Waals surface area contributed by atoms with Gasteiger partial charge >= 0.3 is 6.03 Å². The van der Waals surface area contributed by atoms with Crippen molar-refractivity contribution in [3.05, 3.63) is 12.7 Å². The molecule has 4 fully saturated rings. The van der Waals surface area contributed by atoms with Crippen LogP contribution in [-0.2, 0) is 29.0 Å². The van der Waals surface area contributed by atoms with Crippen LogP contribution in [0.15, 0.2) is 12.7 Å². The number of urea groups is 1. The summed E-state index contributed by atoms with van der Waals surface area (Å²) in [4.78, 5) is 70.1. The van der Waals surface area contributed by atoms with E-state index in [9.17, 15) is 32.4 Å². The zero-order valence-corrected chi connectivity index (χ0v) is 33.7. The summed E-state index contributed by atoms with van der Waals surface area (Å²) in [5.41, 5.74) is -1.73. The van der Waals surface area contributed by atoms with Crippen molar-refractivity contribution in [3.63, 3.8) is 0 Å². The molecule has 3 atom stereocenters. The van der Waals surface area contributed by atoms with E-state index in [4.69, 9.17) is 0 Å². The van der Waals surface area contributed by atoms with Gasteiger partial charge in [0.2, 0.25) is 17.6 Å². The molecule has 2 saturated carbocycles. The number of nitrogens with one attached hydrogen (secondary N) is 4. The van der Waals surface area contributed by atoms with E-state index in [2.05, 4.69) is 27.8 Å². The van der Waals surface area contributed by atoms with E-state index in [0.717, 1.165) is 43.6 Å². The molecule has 4 rings (SSSR count). The fourth-order valence-electron chi connectivity index (χ4n) is 7.10. The minimum Gasteiger partial charge on any atom is -0.346 e. The Morgan fingerprint density at radius 2 is 1.59 bits per heavy atom. The number of sulfone groups is 1. The molecule has 2 aliphatic heterocycles. The third-order valence-corrected chi connectivity index (χ3v) is 16.7. The van der Waals surface area contributed by atoms with Crippen LogP contribution < -0.4 is 21.3 Å². The summed E-state index contributed by atoms with van der Waals surface area (Å²) in [6.45, 7) is 14.5. The zero-order chi connectivity index (χ0) is 37.8. The van der Waals surface area contributed by atoms with Gasteiger partial charge in [-0.1, -0.05) is 59.0 Å². The quantitative estimate of drug-likeness (QED) is 0.151. The van der Waals surface area contributed by atoms with E-state index in [1.165, 1.54) is 11.0 Å². The molecule has 4 N–H and O–H groups in total. The Hall–Kier alpha value is -2.26. The summed E-state index contributed by atoms with van der Waals surface area (Å²) in [7, 11) is -3.57. The van der Waals surface area contributed by atoms with Gasteiger partial charge in [-0.3, -0.25) is 19.2 Å². The SMILES string of the molecule is C=CCNC(=O)C(=O)C(CCC1CC1)NC(=O)[C@@H]1CC2(CN1C(=O)[C@@H](NC(=O)NC1(CS(=O)(=O)C(C)(C)C)CCCCC1)C(C)(C)C)SCCS2. The molecule has 0 aromatic carbocycles. The fourth-order valence-corrected chi connectivity index (χ4v) is 11.9. The highest BCUT2D eigenvalue weighted by atomic mass is 32.2. The van der Waals surface area contributed by atoms with Gasteiger partial charge in [0.25, 0.3) is 5.91 Å². The largest absolute Gasteiger partial charge is 0.346 e. The topological polar surface area (TPSA) is 171 Å². The maximum Gasteiger partial charge on any atom is 0.315 e. The van der Waals surface area contributed by atoms with Gasteiger partial charge in [0.15, 0.2) is 9.84 Å². The Labute approximate surface area is 312 Å². The molecule has 0 aromatic heterocycles. The monoisotopic (exact) mass is 769 g/mol. The number of ketones is 1. The van der Waals surface area contributed by atoms with Gasteiger partial charge in [-0.2, -0.15) is 0 Å². The molecule has 5 amide bonds. The summed E-state index contributed by atoms with van der Waals surface area (Å²) in [6, 6.07) is -3.61. The van der Waals surface area contributed by atoms with Gasteiger partial charge in [-0.05, 0) is 57.8 Å². The first-order valence-electron chi connectivity index (χ1n) is 18.3. The minimum absolute atomic E-state index is 0.123. The molecule has 12 nitrogen and oxygen atoms in total. The Morgan fingerprint density at radius 1 is 0.961 bits per heavy atom. The highest BCUT2D eigenvalue weighted by molar-refractivity contribution is 8.21. The van der Waals surface area contributed by atoms with Crippen molar-refractivity contribution >= 4 is 62.9 Å². The van der Waals surface area contributed by atoms with E-state index < -0.39 is 77.3 Å². The first kappa shape index (κ1) is 41.5. The van der Waals surface area contributed by atoms with Crippen LogP contribution in [0.25, 0.3) is 0 Å². The molecule has 2 saturated heterocycles. The van der Waals surface area contributed by atoms with Gasteiger partial charge < -0.3 is 26.2 Å². The summed E-state index contributed by atoms with van der Waals surface area (Å²) >= 11 is 3.42. The highest BCUT2D eigenvalue weighted by Gasteiger charge is 2.54. The number of carbonyl (C=O) groups excluding carboxylic acids is 5. The Bertz CT molecular complexity index is 1440. The fraction of sp³-hybridized carbons (Fsp3) is 0.806. The van der Waals surface area contributed by atoms with Crippen LogP contribution >= 0.6 is 23.5 Å². The first-order valence-corrected chi connectivity index (χ1v) is 22.0. The number of carbonyl (C=O) groups is 5. The lowest BCUT2D eigenvalue weighted by Crippen LogP contribution is -2.63. The summed E-state index contributed by atoms with van der Waals surface area (Å²) in [5.74, 6) is -0.412. The van der Waals surface area contributed by atoms with Crippen LogP contribution in [-0.4, -0.2) is 106 Å². The number of hydrogen-bond donors (Lipinski definition) is 4. The molecular formula is C36H59N5O7S3. The Balaban J connectivity index is 1.56. The molecular weight excluding hydrogens is 711 g/mol. The molecule has 15 heteroatoms. The van der Waals surface area contributed by atoms with Crippen LogP contribution in [0, 0.1) is 11.3 Å². The second-order valence-corrected chi connectivity index (χ2v) is 22.8. The normalized spacial score (nSPS) is 22.9. The standard InChI is InChI=1S/C36H59N5O7S3/c1-8-18-37-30(44)27(42)25(15-14-24-12-13-24)38-29(43)26-21-36(49-19-20-50-36)22-41(26)31(45)28(33(2,3)4)39-32(46)40-35(16-10-9-11-17-35)23-51(47,48)34(5,6)7/h8,24-26,28H,1,9-23H2,2-7H3,(H,37,44)(H,38,43)(H2,39,40,46)/t25?,26-,28+/m0/s1. The van der Waals surface area contributed by atoms with E-state index in [-0.39, 0.29) is 18.8 Å². The van der Waals surface area contributed by atoms with Gasteiger partial charge in [0.1, 0.15) is 12.1 Å². The van der Waals surface area contributed by atoms with Crippen molar-refractivity contribution in [2.45, 2.75) is 138 Å². The average molecular weight is 770 g/mol. The number of nitrogens with zero attached hydrogens (tertiary/aromatic N) is 1. The first-order chi connectivity index (χ1) is 23.7. The number of amides is 5. The molecule has 0 aromatic rings. The lowest BCUT2D eigenvalue weighted by Gasteiger charge is -2.41. The molecule has 4 aliphatic rings. The minimum atomic E-state index is -3.57. The van der Waals surface area contributed by atoms with Crippen LogP contribution in [0.4, 0.5) is 4.79 Å². The van der Waals surface area contributed by atoms with Crippen molar-refractivity contribution in [3.8, 4) is 0 Å². The Kier molecular flexibility index (Phi) is 13.3. The van der Waals surface area contributed by atoms with Crippen molar-refractivity contribution in [2.24, 2.45) is 11.3 Å². The number of likely N-dealkylation sites (tertiary alicyclic amines) is 1. The van der Waals surface area contributed by atoms with Crippen LogP contribution in [0.2, 0.25) is 0 Å². The summed E-state index contributed by atoms with van der Waals surface area (Å²) in [5, 5.41) is 11.3. The van der Waals surface area contributed by atoms with Gasteiger partial charge in [-0.15, -0.1) is 30.1 Å². The van der Waals surface area contributed by atoms with Crippen molar-refractivity contribution in [2.75, 3.05) is 30.3 Å². The maximum atomic E-state index is 14.6. The number of rotatable bonds is 14. The van der Waals surface area contributed by atoms with E-state index >= 15 is 0 Å². The maximum absolute atomic E-state index is 14.6.